The number of carbonyl (C=O) groups excluding carboxylic acids is 2. The summed E-state index contributed by atoms with van der Waals surface area (Å²) in [4.78, 5) is 27.9. The van der Waals surface area contributed by atoms with E-state index in [0.717, 1.165) is 24.2 Å². The van der Waals surface area contributed by atoms with Gasteiger partial charge >= 0.3 is 0 Å². The van der Waals surface area contributed by atoms with Crippen molar-refractivity contribution in [3.05, 3.63) is 35.4 Å². The Morgan fingerprint density at radius 1 is 1.19 bits per heavy atom. The smallest absolute Gasteiger partial charge is 0.253 e. The molecular weight excluding hydrogens is 266 g/mol. The van der Waals surface area contributed by atoms with Crippen molar-refractivity contribution >= 4 is 11.8 Å². The molecule has 0 saturated carbocycles. The third-order valence-electron chi connectivity index (χ3n) is 3.67. The normalized spacial score (nSPS) is 15.8. The second-order valence-corrected chi connectivity index (χ2v) is 5.39. The maximum atomic E-state index is 12.4. The van der Waals surface area contributed by atoms with E-state index < -0.39 is 0 Å². The zero-order valence-corrected chi connectivity index (χ0v) is 12.8. The molecule has 1 fully saturated rings. The first-order valence-corrected chi connectivity index (χ1v) is 7.45. The van der Waals surface area contributed by atoms with Crippen molar-refractivity contribution in [1.29, 1.82) is 0 Å². The number of likely N-dealkylation sites (N-methyl/N-ethyl adjacent to an activating group) is 1. The predicted octanol–water partition coefficient (Wildman–Crippen LogP) is 0.889. The molecule has 0 bridgehead atoms. The highest BCUT2D eigenvalue weighted by Crippen LogP contribution is 2.10. The van der Waals surface area contributed by atoms with Crippen molar-refractivity contribution in [3.63, 3.8) is 0 Å². The molecule has 1 aromatic rings. The molecule has 114 valence electrons. The van der Waals surface area contributed by atoms with E-state index in [1.165, 1.54) is 0 Å². The maximum absolute atomic E-state index is 12.4. The number of hydrogen-bond donors (Lipinski definition) is 1. The number of benzene rings is 1. The van der Waals surface area contributed by atoms with E-state index in [-0.39, 0.29) is 11.8 Å². The standard InChI is InChI=1S/C16H23N3O2/c1-3-17-15(20)12-18-7-9-19(10-8-18)16(21)14-6-4-5-13(2)11-14/h4-6,11H,3,7-10,12H2,1-2H3,(H,17,20). The molecule has 1 aromatic carbocycles. The van der Waals surface area contributed by atoms with Crippen molar-refractivity contribution in [1.82, 2.24) is 15.1 Å². The molecule has 21 heavy (non-hydrogen) atoms. The van der Waals surface area contributed by atoms with Gasteiger partial charge in [-0.15, -0.1) is 0 Å². The number of rotatable bonds is 4. The van der Waals surface area contributed by atoms with Crippen LogP contribution in [-0.4, -0.2) is 60.9 Å². The third-order valence-corrected chi connectivity index (χ3v) is 3.67. The first-order valence-electron chi connectivity index (χ1n) is 7.45. The van der Waals surface area contributed by atoms with Gasteiger partial charge in [-0.05, 0) is 26.0 Å². The average Bonchev–Trinajstić information content (AvgIpc) is 2.47. The summed E-state index contributed by atoms with van der Waals surface area (Å²) in [6, 6.07) is 7.68. The minimum atomic E-state index is 0.0518. The van der Waals surface area contributed by atoms with E-state index in [0.29, 0.717) is 26.2 Å². The molecule has 2 rings (SSSR count). The van der Waals surface area contributed by atoms with Crippen LogP contribution in [0.25, 0.3) is 0 Å². The number of nitrogens with zero attached hydrogens (tertiary/aromatic N) is 2. The SMILES string of the molecule is CCNC(=O)CN1CCN(C(=O)c2cccc(C)c2)CC1. The van der Waals surface area contributed by atoms with Crippen molar-refractivity contribution < 1.29 is 9.59 Å². The van der Waals surface area contributed by atoms with Gasteiger partial charge in [0.15, 0.2) is 0 Å². The van der Waals surface area contributed by atoms with Crippen LogP contribution in [0.4, 0.5) is 0 Å². The third kappa shape index (κ3) is 4.29. The molecule has 0 radical (unpaired) electrons. The molecule has 2 amide bonds. The van der Waals surface area contributed by atoms with Gasteiger partial charge in [0.05, 0.1) is 6.54 Å². The van der Waals surface area contributed by atoms with Gasteiger partial charge < -0.3 is 10.2 Å². The van der Waals surface area contributed by atoms with Crippen LogP contribution in [0.1, 0.15) is 22.8 Å². The van der Waals surface area contributed by atoms with Gasteiger partial charge in [-0.1, -0.05) is 17.7 Å². The Labute approximate surface area is 125 Å². The Kier molecular flexibility index (Phi) is 5.33. The number of amides is 2. The zero-order chi connectivity index (χ0) is 15.2. The Hall–Kier alpha value is -1.88. The lowest BCUT2D eigenvalue weighted by Crippen LogP contribution is -2.51. The van der Waals surface area contributed by atoms with Crippen LogP contribution in [-0.2, 0) is 4.79 Å². The number of aryl methyl sites for hydroxylation is 1. The number of carbonyl (C=O) groups is 2. The minimum Gasteiger partial charge on any atom is -0.355 e. The fourth-order valence-corrected chi connectivity index (χ4v) is 2.53. The summed E-state index contributed by atoms with van der Waals surface area (Å²) in [7, 11) is 0. The van der Waals surface area contributed by atoms with Crippen LogP contribution in [0.5, 0.6) is 0 Å². The van der Waals surface area contributed by atoms with Crippen molar-refractivity contribution in [2.75, 3.05) is 39.3 Å². The molecule has 1 aliphatic rings. The van der Waals surface area contributed by atoms with Crippen molar-refractivity contribution in [3.8, 4) is 0 Å². The highest BCUT2D eigenvalue weighted by atomic mass is 16.2. The zero-order valence-electron chi connectivity index (χ0n) is 12.8. The summed E-state index contributed by atoms with van der Waals surface area (Å²) in [6.45, 7) is 7.81. The lowest BCUT2D eigenvalue weighted by atomic mass is 10.1. The Balaban J connectivity index is 1.86. The second kappa shape index (κ2) is 7.22. The molecule has 0 atom stereocenters. The Bertz CT molecular complexity index is 508. The van der Waals surface area contributed by atoms with Crippen molar-refractivity contribution in [2.45, 2.75) is 13.8 Å². The molecule has 1 heterocycles. The summed E-state index contributed by atoms with van der Waals surface area (Å²) in [5.74, 6) is 0.132. The van der Waals surface area contributed by atoms with Gasteiger partial charge in [-0.2, -0.15) is 0 Å². The summed E-state index contributed by atoms with van der Waals surface area (Å²) in [5.41, 5.74) is 1.84. The van der Waals surface area contributed by atoms with Gasteiger partial charge in [0, 0.05) is 38.3 Å². The quantitative estimate of drug-likeness (QED) is 0.895. The molecule has 5 nitrogen and oxygen atoms in total. The maximum Gasteiger partial charge on any atom is 0.253 e. The monoisotopic (exact) mass is 289 g/mol. The molecule has 0 unspecified atom stereocenters. The highest BCUT2D eigenvalue weighted by molar-refractivity contribution is 5.94. The largest absolute Gasteiger partial charge is 0.355 e. The summed E-state index contributed by atoms with van der Waals surface area (Å²) >= 11 is 0. The molecule has 0 aliphatic carbocycles. The Morgan fingerprint density at radius 3 is 2.52 bits per heavy atom. The van der Waals surface area contributed by atoms with Crippen molar-refractivity contribution in [2.24, 2.45) is 0 Å². The highest BCUT2D eigenvalue weighted by Gasteiger charge is 2.23. The van der Waals surface area contributed by atoms with Gasteiger partial charge in [0.1, 0.15) is 0 Å². The molecule has 1 N–H and O–H groups in total. The van der Waals surface area contributed by atoms with Crippen LogP contribution in [0.3, 0.4) is 0 Å². The van der Waals surface area contributed by atoms with Gasteiger partial charge in [-0.25, -0.2) is 0 Å². The van der Waals surface area contributed by atoms with E-state index in [2.05, 4.69) is 10.2 Å². The van der Waals surface area contributed by atoms with E-state index >= 15 is 0 Å². The lowest BCUT2D eigenvalue weighted by molar-refractivity contribution is -0.122. The number of hydrogen-bond acceptors (Lipinski definition) is 3. The molecule has 1 saturated heterocycles. The first-order chi connectivity index (χ1) is 10.1. The topological polar surface area (TPSA) is 52.7 Å². The lowest BCUT2D eigenvalue weighted by Gasteiger charge is -2.34. The van der Waals surface area contributed by atoms with Crippen LogP contribution in [0, 0.1) is 6.92 Å². The number of piperazine rings is 1. The minimum absolute atomic E-state index is 0.0518. The first kappa shape index (κ1) is 15.5. The van der Waals surface area contributed by atoms with E-state index in [4.69, 9.17) is 0 Å². The number of nitrogens with one attached hydrogen (secondary N) is 1. The van der Waals surface area contributed by atoms with E-state index in [9.17, 15) is 9.59 Å². The second-order valence-electron chi connectivity index (χ2n) is 5.39. The fraction of sp³-hybridized carbons (Fsp3) is 0.500. The van der Waals surface area contributed by atoms with Crippen LogP contribution >= 0.6 is 0 Å². The molecule has 0 aromatic heterocycles. The Morgan fingerprint density at radius 2 is 1.90 bits per heavy atom. The summed E-state index contributed by atoms with van der Waals surface area (Å²) in [5, 5.41) is 2.80. The summed E-state index contributed by atoms with van der Waals surface area (Å²) in [6.07, 6.45) is 0. The molecule has 5 heteroatoms. The van der Waals surface area contributed by atoms with Gasteiger partial charge in [-0.3, -0.25) is 14.5 Å². The van der Waals surface area contributed by atoms with E-state index in [1.807, 2.05) is 43.0 Å². The molecular formula is C16H23N3O2. The summed E-state index contributed by atoms with van der Waals surface area (Å²) < 4.78 is 0. The van der Waals surface area contributed by atoms with Gasteiger partial charge in [0.2, 0.25) is 5.91 Å². The van der Waals surface area contributed by atoms with Crippen LogP contribution < -0.4 is 5.32 Å². The van der Waals surface area contributed by atoms with Crippen LogP contribution in [0.2, 0.25) is 0 Å². The van der Waals surface area contributed by atoms with E-state index in [1.54, 1.807) is 0 Å². The average molecular weight is 289 g/mol. The fourth-order valence-electron chi connectivity index (χ4n) is 2.53. The predicted molar refractivity (Wildman–Crippen MR) is 82.2 cm³/mol. The molecule has 0 spiro atoms. The molecule has 1 aliphatic heterocycles. The van der Waals surface area contributed by atoms with Crippen LogP contribution in [0.15, 0.2) is 24.3 Å². The van der Waals surface area contributed by atoms with Gasteiger partial charge in [0.25, 0.3) is 5.91 Å².